The molecule has 0 radical (unpaired) electrons. The first-order chi connectivity index (χ1) is 16.1. The fraction of sp³-hybridized carbons (Fsp3) is 0.222. The van der Waals surface area contributed by atoms with Crippen molar-refractivity contribution < 1.29 is 14.1 Å². The molecule has 0 fully saturated rings. The first-order valence-electron chi connectivity index (χ1n) is 10.9. The minimum atomic E-state index is -0.418. The number of aromatic nitrogens is 2. The second-order valence-electron chi connectivity index (χ2n) is 8.05. The Bertz CT molecular complexity index is 1130. The maximum Gasteiger partial charge on any atom is 0.246 e. The number of nitrogens with zero attached hydrogens (tertiary/aromatic N) is 3. The first kappa shape index (κ1) is 22.3. The third-order valence-corrected chi connectivity index (χ3v) is 5.54. The summed E-state index contributed by atoms with van der Waals surface area (Å²) >= 11 is 0. The molecule has 0 aliphatic rings. The fourth-order valence-electron chi connectivity index (χ4n) is 3.77. The summed E-state index contributed by atoms with van der Waals surface area (Å²) in [6, 6.07) is 27.1. The van der Waals surface area contributed by atoms with Crippen LogP contribution in [0.3, 0.4) is 0 Å². The van der Waals surface area contributed by atoms with Crippen LogP contribution in [-0.4, -0.2) is 34.1 Å². The van der Waals surface area contributed by atoms with E-state index in [0.29, 0.717) is 11.7 Å². The molecule has 0 N–H and O–H groups in total. The van der Waals surface area contributed by atoms with Crippen LogP contribution >= 0.6 is 0 Å². The summed E-state index contributed by atoms with van der Waals surface area (Å²) in [7, 11) is 1.62. The van der Waals surface area contributed by atoms with Gasteiger partial charge in [-0.05, 0) is 49.2 Å². The van der Waals surface area contributed by atoms with Gasteiger partial charge in [0.15, 0.2) is 0 Å². The summed E-state index contributed by atoms with van der Waals surface area (Å²) in [6.45, 7) is 4.22. The third kappa shape index (κ3) is 5.12. The number of ether oxygens (including phenoxy) is 1. The van der Waals surface area contributed by atoms with Crippen LogP contribution in [0.2, 0.25) is 0 Å². The average Bonchev–Trinajstić information content (AvgIpc) is 3.32. The smallest absolute Gasteiger partial charge is 0.246 e. The number of rotatable bonds is 8. The number of amides is 1. The molecular weight excluding hydrogens is 414 g/mol. The molecule has 1 heterocycles. The number of benzene rings is 3. The van der Waals surface area contributed by atoms with Gasteiger partial charge in [0.2, 0.25) is 17.6 Å². The van der Waals surface area contributed by atoms with Crippen LogP contribution in [0.1, 0.15) is 36.8 Å². The zero-order valence-electron chi connectivity index (χ0n) is 19.0. The number of carbonyl (C=O) groups excluding carboxylic acids is 1. The number of hydrogen-bond donors (Lipinski definition) is 0. The van der Waals surface area contributed by atoms with Crippen LogP contribution in [0.15, 0.2) is 89.5 Å². The highest BCUT2D eigenvalue weighted by atomic mass is 16.5. The molecule has 1 amide bonds. The molecule has 0 aliphatic heterocycles. The van der Waals surface area contributed by atoms with Crippen molar-refractivity contribution in [1.29, 1.82) is 0 Å². The van der Waals surface area contributed by atoms with Gasteiger partial charge < -0.3 is 14.2 Å². The van der Waals surface area contributed by atoms with Crippen molar-refractivity contribution in [2.24, 2.45) is 0 Å². The minimum absolute atomic E-state index is 0.00778. The summed E-state index contributed by atoms with van der Waals surface area (Å²) < 4.78 is 10.7. The molecule has 0 saturated carbocycles. The number of carbonyl (C=O) groups is 1. The summed E-state index contributed by atoms with van der Waals surface area (Å²) in [5.41, 5.74) is 2.72. The van der Waals surface area contributed by atoms with E-state index in [9.17, 15) is 4.79 Å². The topological polar surface area (TPSA) is 68.5 Å². The Morgan fingerprint density at radius 2 is 1.48 bits per heavy atom. The van der Waals surface area contributed by atoms with Gasteiger partial charge in [-0.25, -0.2) is 0 Å². The monoisotopic (exact) mass is 441 g/mol. The fourth-order valence-corrected chi connectivity index (χ4v) is 3.77. The van der Waals surface area contributed by atoms with Crippen LogP contribution in [0.25, 0.3) is 11.4 Å². The molecule has 1 aromatic heterocycles. The van der Waals surface area contributed by atoms with Crippen molar-refractivity contribution in [1.82, 2.24) is 15.0 Å². The van der Waals surface area contributed by atoms with Gasteiger partial charge in [0.1, 0.15) is 12.3 Å². The average molecular weight is 442 g/mol. The second-order valence-corrected chi connectivity index (χ2v) is 8.05. The van der Waals surface area contributed by atoms with E-state index in [1.54, 1.807) is 12.0 Å². The molecular formula is C27H27N3O3. The molecule has 0 saturated heterocycles. The van der Waals surface area contributed by atoms with Gasteiger partial charge in [-0.15, -0.1) is 0 Å². The maximum absolute atomic E-state index is 13.9. The van der Waals surface area contributed by atoms with Crippen molar-refractivity contribution >= 4 is 5.91 Å². The SMILES string of the molecule is COc1ccc(-c2noc(CN(C(=O)C(c3ccccc3)c3ccccc3)C(C)C)n2)cc1. The highest BCUT2D eigenvalue weighted by Crippen LogP contribution is 2.29. The van der Waals surface area contributed by atoms with Crippen molar-refractivity contribution in [3.05, 3.63) is 102 Å². The molecule has 0 unspecified atom stereocenters. The quantitative estimate of drug-likeness (QED) is 0.370. The van der Waals surface area contributed by atoms with Crippen LogP contribution in [0.4, 0.5) is 0 Å². The van der Waals surface area contributed by atoms with E-state index in [4.69, 9.17) is 9.26 Å². The lowest BCUT2D eigenvalue weighted by Crippen LogP contribution is -2.40. The molecule has 3 aromatic carbocycles. The Morgan fingerprint density at radius 1 is 0.909 bits per heavy atom. The highest BCUT2D eigenvalue weighted by Gasteiger charge is 2.30. The van der Waals surface area contributed by atoms with Gasteiger partial charge in [-0.3, -0.25) is 4.79 Å². The Kier molecular flexibility index (Phi) is 6.83. The van der Waals surface area contributed by atoms with Crippen molar-refractivity contribution in [2.45, 2.75) is 32.4 Å². The van der Waals surface area contributed by atoms with Gasteiger partial charge in [0, 0.05) is 11.6 Å². The molecule has 0 bridgehead atoms. The maximum atomic E-state index is 13.9. The Balaban J connectivity index is 1.61. The van der Waals surface area contributed by atoms with E-state index in [-0.39, 0.29) is 18.5 Å². The largest absolute Gasteiger partial charge is 0.497 e. The van der Waals surface area contributed by atoms with Crippen LogP contribution in [0.5, 0.6) is 5.75 Å². The second kappa shape index (κ2) is 10.1. The lowest BCUT2D eigenvalue weighted by molar-refractivity contribution is -0.134. The minimum Gasteiger partial charge on any atom is -0.497 e. The molecule has 33 heavy (non-hydrogen) atoms. The van der Waals surface area contributed by atoms with E-state index in [0.717, 1.165) is 22.4 Å². The molecule has 0 spiro atoms. The normalized spacial score (nSPS) is 11.1. The predicted molar refractivity (Wildman–Crippen MR) is 127 cm³/mol. The molecule has 168 valence electrons. The van der Waals surface area contributed by atoms with Crippen molar-refractivity contribution in [3.8, 4) is 17.1 Å². The van der Waals surface area contributed by atoms with E-state index < -0.39 is 5.92 Å². The first-order valence-corrected chi connectivity index (χ1v) is 10.9. The number of methoxy groups -OCH3 is 1. The summed E-state index contributed by atoms with van der Waals surface area (Å²) in [4.78, 5) is 20.2. The van der Waals surface area contributed by atoms with E-state index in [1.807, 2.05) is 98.8 Å². The molecule has 0 atom stereocenters. The van der Waals surface area contributed by atoms with Gasteiger partial charge in [-0.1, -0.05) is 65.8 Å². The van der Waals surface area contributed by atoms with Gasteiger partial charge in [-0.2, -0.15) is 4.98 Å². The summed E-state index contributed by atoms with van der Waals surface area (Å²) in [6.07, 6.45) is 0. The summed E-state index contributed by atoms with van der Waals surface area (Å²) in [5, 5.41) is 4.11. The Hall–Kier alpha value is -3.93. The van der Waals surface area contributed by atoms with Crippen LogP contribution in [-0.2, 0) is 11.3 Å². The molecule has 6 nitrogen and oxygen atoms in total. The number of hydrogen-bond acceptors (Lipinski definition) is 5. The van der Waals surface area contributed by atoms with Crippen molar-refractivity contribution in [3.63, 3.8) is 0 Å². The Labute approximate surface area is 193 Å². The van der Waals surface area contributed by atoms with Crippen molar-refractivity contribution in [2.75, 3.05) is 7.11 Å². The van der Waals surface area contributed by atoms with Gasteiger partial charge >= 0.3 is 0 Å². The predicted octanol–water partition coefficient (Wildman–Crippen LogP) is 5.31. The zero-order chi connectivity index (χ0) is 23.2. The van der Waals surface area contributed by atoms with Gasteiger partial charge in [0.05, 0.1) is 13.0 Å². The molecule has 0 aliphatic carbocycles. The lowest BCUT2D eigenvalue weighted by atomic mass is 9.89. The molecule has 4 aromatic rings. The van der Waals surface area contributed by atoms with E-state index in [1.165, 1.54) is 0 Å². The highest BCUT2D eigenvalue weighted by molar-refractivity contribution is 5.87. The van der Waals surface area contributed by atoms with Crippen LogP contribution in [0, 0.1) is 0 Å². The standard InChI is InChI=1S/C27H27N3O3/c1-19(2)30(18-24-28-26(29-33-24)22-14-16-23(32-3)17-15-22)27(31)25(20-10-6-4-7-11-20)21-12-8-5-9-13-21/h4-17,19,25H,18H2,1-3H3. The molecule has 6 heteroatoms. The Morgan fingerprint density at radius 3 is 2.00 bits per heavy atom. The van der Waals surface area contributed by atoms with Crippen LogP contribution < -0.4 is 4.74 Å². The zero-order valence-corrected chi connectivity index (χ0v) is 19.0. The summed E-state index contributed by atoms with van der Waals surface area (Å²) in [5.74, 6) is 1.20. The third-order valence-electron chi connectivity index (χ3n) is 5.54. The lowest BCUT2D eigenvalue weighted by Gasteiger charge is -2.30. The van der Waals surface area contributed by atoms with Gasteiger partial charge in [0.25, 0.3) is 0 Å². The van der Waals surface area contributed by atoms with E-state index >= 15 is 0 Å². The van der Waals surface area contributed by atoms with E-state index in [2.05, 4.69) is 10.1 Å². The molecule has 4 rings (SSSR count).